The van der Waals surface area contributed by atoms with Gasteiger partial charge in [0.15, 0.2) is 10.8 Å². The van der Waals surface area contributed by atoms with Crippen molar-refractivity contribution in [2.75, 3.05) is 0 Å². The monoisotopic (exact) mass is 331 g/mol. The normalized spacial score (nSPS) is 10.6. The molecule has 0 saturated carbocycles. The van der Waals surface area contributed by atoms with Crippen molar-refractivity contribution in [2.24, 2.45) is 0 Å². The molecular formula is C14H10BrN3S. The van der Waals surface area contributed by atoms with Gasteiger partial charge in [-0.3, -0.25) is 0 Å². The Morgan fingerprint density at radius 1 is 1.05 bits per heavy atom. The average Bonchev–Trinajstić information content (AvgIpc) is 2.83. The minimum atomic E-state index is 0.680. The number of thiazole rings is 1. The summed E-state index contributed by atoms with van der Waals surface area (Å²) in [5.74, 6) is 0.680. The molecule has 0 N–H and O–H groups in total. The fraction of sp³-hybridized carbons (Fsp3) is 0.0714. The van der Waals surface area contributed by atoms with Gasteiger partial charge in [0.1, 0.15) is 0 Å². The SMILES string of the molecule is Cc1sc(-c2ncccn2)nc1-c1ccc(Br)cc1. The summed E-state index contributed by atoms with van der Waals surface area (Å²) in [5, 5.41) is 0.857. The minimum absolute atomic E-state index is 0.680. The van der Waals surface area contributed by atoms with Crippen LogP contribution in [0.3, 0.4) is 0 Å². The van der Waals surface area contributed by atoms with E-state index in [1.54, 1.807) is 29.8 Å². The van der Waals surface area contributed by atoms with Crippen LogP contribution >= 0.6 is 27.3 Å². The Morgan fingerprint density at radius 3 is 2.42 bits per heavy atom. The number of hydrogen-bond donors (Lipinski definition) is 0. The summed E-state index contributed by atoms with van der Waals surface area (Å²) in [6.07, 6.45) is 3.47. The largest absolute Gasteiger partial charge is 0.234 e. The highest BCUT2D eigenvalue weighted by Gasteiger charge is 2.12. The molecule has 0 amide bonds. The number of aromatic nitrogens is 3. The molecule has 0 atom stereocenters. The molecule has 2 heterocycles. The van der Waals surface area contributed by atoms with E-state index in [1.165, 1.54) is 4.88 Å². The van der Waals surface area contributed by atoms with Crippen LogP contribution in [0, 0.1) is 6.92 Å². The predicted octanol–water partition coefficient (Wildman–Crippen LogP) is 4.34. The second kappa shape index (κ2) is 5.19. The quantitative estimate of drug-likeness (QED) is 0.701. The summed E-state index contributed by atoms with van der Waals surface area (Å²) >= 11 is 5.06. The first-order valence-corrected chi connectivity index (χ1v) is 7.36. The second-order valence-electron chi connectivity index (χ2n) is 4.00. The standard InChI is InChI=1S/C14H10BrN3S/c1-9-12(10-3-5-11(15)6-4-10)18-14(19-9)13-16-7-2-8-17-13/h2-8H,1H3. The molecule has 0 aliphatic rings. The zero-order chi connectivity index (χ0) is 13.2. The molecule has 3 aromatic rings. The van der Waals surface area contributed by atoms with Crippen LogP contribution in [-0.2, 0) is 0 Å². The number of halogens is 1. The average molecular weight is 332 g/mol. The lowest BCUT2D eigenvalue weighted by Crippen LogP contribution is -1.86. The van der Waals surface area contributed by atoms with Gasteiger partial charge in [-0.15, -0.1) is 11.3 Å². The number of nitrogens with zero attached hydrogens (tertiary/aromatic N) is 3. The number of benzene rings is 1. The molecular weight excluding hydrogens is 322 g/mol. The fourth-order valence-electron chi connectivity index (χ4n) is 1.78. The van der Waals surface area contributed by atoms with Gasteiger partial charge in [0.05, 0.1) is 5.69 Å². The number of hydrogen-bond acceptors (Lipinski definition) is 4. The fourth-order valence-corrected chi connectivity index (χ4v) is 2.93. The second-order valence-corrected chi connectivity index (χ2v) is 6.12. The minimum Gasteiger partial charge on any atom is -0.234 e. The molecule has 0 fully saturated rings. The van der Waals surface area contributed by atoms with E-state index in [1.807, 2.05) is 12.1 Å². The van der Waals surface area contributed by atoms with Crippen molar-refractivity contribution in [1.29, 1.82) is 0 Å². The lowest BCUT2D eigenvalue weighted by atomic mass is 10.1. The third kappa shape index (κ3) is 2.57. The summed E-state index contributed by atoms with van der Waals surface area (Å²) in [5.41, 5.74) is 2.11. The summed E-state index contributed by atoms with van der Waals surface area (Å²) in [4.78, 5) is 14.3. The summed E-state index contributed by atoms with van der Waals surface area (Å²) in [6, 6.07) is 9.96. The molecule has 0 spiro atoms. The highest BCUT2D eigenvalue weighted by molar-refractivity contribution is 9.10. The molecule has 3 rings (SSSR count). The molecule has 2 aromatic heterocycles. The van der Waals surface area contributed by atoms with Crippen LogP contribution in [0.15, 0.2) is 47.2 Å². The van der Waals surface area contributed by atoms with Crippen LogP contribution in [-0.4, -0.2) is 15.0 Å². The Morgan fingerprint density at radius 2 is 1.74 bits per heavy atom. The molecule has 94 valence electrons. The van der Waals surface area contributed by atoms with Crippen LogP contribution in [0.5, 0.6) is 0 Å². The van der Waals surface area contributed by atoms with Gasteiger partial charge in [-0.1, -0.05) is 28.1 Å². The van der Waals surface area contributed by atoms with Crippen molar-refractivity contribution in [1.82, 2.24) is 15.0 Å². The molecule has 0 unspecified atom stereocenters. The van der Waals surface area contributed by atoms with Crippen molar-refractivity contribution in [3.05, 3.63) is 52.1 Å². The van der Waals surface area contributed by atoms with Crippen LogP contribution in [0.1, 0.15) is 4.88 Å². The number of aryl methyl sites for hydroxylation is 1. The molecule has 0 saturated heterocycles. The summed E-state index contributed by atoms with van der Waals surface area (Å²) in [7, 11) is 0. The van der Waals surface area contributed by atoms with E-state index in [9.17, 15) is 0 Å². The van der Waals surface area contributed by atoms with Crippen molar-refractivity contribution in [3.8, 4) is 22.1 Å². The van der Waals surface area contributed by atoms with E-state index in [4.69, 9.17) is 0 Å². The maximum absolute atomic E-state index is 4.66. The summed E-state index contributed by atoms with van der Waals surface area (Å²) in [6.45, 7) is 2.07. The van der Waals surface area contributed by atoms with E-state index in [-0.39, 0.29) is 0 Å². The van der Waals surface area contributed by atoms with E-state index in [2.05, 4.69) is 49.9 Å². The molecule has 1 aromatic carbocycles. The van der Waals surface area contributed by atoms with Crippen LogP contribution < -0.4 is 0 Å². The molecule has 3 nitrogen and oxygen atoms in total. The Hall–Kier alpha value is -1.59. The highest BCUT2D eigenvalue weighted by Crippen LogP contribution is 2.32. The Kier molecular flexibility index (Phi) is 3.40. The van der Waals surface area contributed by atoms with E-state index in [0.717, 1.165) is 20.7 Å². The van der Waals surface area contributed by atoms with E-state index < -0.39 is 0 Å². The van der Waals surface area contributed by atoms with Gasteiger partial charge in [-0.25, -0.2) is 15.0 Å². The zero-order valence-corrected chi connectivity index (χ0v) is 12.6. The third-order valence-corrected chi connectivity index (χ3v) is 4.17. The predicted molar refractivity (Wildman–Crippen MR) is 81.0 cm³/mol. The first-order chi connectivity index (χ1) is 9.24. The van der Waals surface area contributed by atoms with Crippen molar-refractivity contribution in [2.45, 2.75) is 6.92 Å². The van der Waals surface area contributed by atoms with E-state index >= 15 is 0 Å². The van der Waals surface area contributed by atoms with Gasteiger partial charge in [-0.2, -0.15) is 0 Å². The van der Waals surface area contributed by atoms with Crippen LogP contribution in [0.25, 0.3) is 22.1 Å². The Labute approximate surface area is 123 Å². The van der Waals surface area contributed by atoms with Crippen molar-refractivity contribution >= 4 is 27.3 Å². The Balaban J connectivity index is 2.05. The van der Waals surface area contributed by atoms with Gasteiger partial charge in [0, 0.05) is 27.3 Å². The topological polar surface area (TPSA) is 38.7 Å². The molecule has 0 aliphatic heterocycles. The maximum Gasteiger partial charge on any atom is 0.188 e. The Bertz CT molecular complexity index is 692. The first-order valence-electron chi connectivity index (χ1n) is 5.75. The number of rotatable bonds is 2. The highest BCUT2D eigenvalue weighted by atomic mass is 79.9. The lowest BCUT2D eigenvalue weighted by molar-refractivity contribution is 1.16. The zero-order valence-electron chi connectivity index (χ0n) is 10.2. The lowest BCUT2D eigenvalue weighted by Gasteiger charge is -1.98. The summed E-state index contributed by atoms with van der Waals surface area (Å²) < 4.78 is 1.07. The van der Waals surface area contributed by atoms with Gasteiger partial charge < -0.3 is 0 Å². The van der Waals surface area contributed by atoms with Crippen LogP contribution in [0.4, 0.5) is 0 Å². The third-order valence-electron chi connectivity index (χ3n) is 2.67. The molecule has 0 aliphatic carbocycles. The smallest absolute Gasteiger partial charge is 0.188 e. The van der Waals surface area contributed by atoms with Crippen molar-refractivity contribution in [3.63, 3.8) is 0 Å². The first kappa shape index (κ1) is 12.4. The molecule has 0 radical (unpaired) electrons. The van der Waals surface area contributed by atoms with Crippen LogP contribution in [0.2, 0.25) is 0 Å². The van der Waals surface area contributed by atoms with Gasteiger partial charge in [0.25, 0.3) is 0 Å². The van der Waals surface area contributed by atoms with Crippen molar-refractivity contribution < 1.29 is 0 Å². The molecule has 0 bridgehead atoms. The van der Waals surface area contributed by atoms with E-state index in [0.29, 0.717) is 5.82 Å². The molecule has 19 heavy (non-hydrogen) atoms. The maximum atomic E-state index is 4.66. The van der Waals surface area contributed by atoms with Gasteiger partial charge in [0.2, 0.25) is 0 Å². The van der Waals surface area contributed by atoms with Gasteiger partial charge >= 0.3 is 0 Å². The molecule has 5 heteroatoms. The van der Waals surface area contributed by atoms with Gasteiger partial charge in [-0.05, 0) is 25.1 Å².